The van der Waals surface area contributed by atoms with Crippen LogP contribution in [0.5, 0.6) is 0 Å². The number of carbonyl (C=O) groups excluding carboxylic acids is 6. The predicted octanol–water partition coefficient (Wildman–Crippen LogP) is 6.03. The smallest absolute Gasteiger partial charge is 0.338 e. The standard InChI is InChI=1S/C32H28Cl2O10/c33-27(35)21-5-9-23(10-6-21)29(37)41-17-1-3-19-43-31(39)25-13-15-26(16-14-25)32(40)44-20-4-2-18-42-30(38)24-11-7-22(8-12-24)28(34)36/h5-16H,1-4,17-20H2. The van der Waals surface area contributed by atoms with Gasteiger partial charge in [-0.3, -0.25) is 9.59 Å². The van der Waals surface area contributed by atoms with E-state index >= 15 is 0 Å². The molecule has 0 N–H and O–H groups in total. The van der Waals surface area contributed by atoms with Gasteiger partial charge >= 0.3 is 23.9 Å². The first-order valence-electron chi connectivity index (χ1n) is 13.5. The molecular formula is C32H28Cl2O10. The van der Waals surface area contributed by atoms with Gasteiger partial charge in [-0.15, -0.1) is 0 Å². The van der Waals surface area contributed by atoms with E-state index in [1.807, 2.05) is 0 Å². The van der Waals surface area contributed by atoms with Crippen LogP contribution in [0, 0.1) is 0 Å². The maximum absolute atomic E-state index is 12.3. The lowest BCUT2D eigenvalue weighted by atomic mass is 10.1. The number of hydrogen-bond donors (Lipinski definition) is 0. The summed E-state index contributed by atoms with van der Waals surface area (Å²) in [7, 11) is 0. The fourth-order valence-corrected chi connectivity index (χ4v) is 3.87. The van der Waals surface area contributed by atoms with Crippen LogP contribution in [0.15, 0.2) is 72.8 Å². The Balaban J connectivity index is 1.26. The fourth-order valence-electron chi connectivity index (χ4n) is 3.62. The summed E-state index contributed by atoms with van der Waals surface area (Å²) < 4.78 is 20.8. The first-order chi connectivity index (χ1) is 21.2. The van der Waals surface area contributed by atoms with E-state index in [1.54, 1.807) is 0 Å². The second-order valence-electron chi connectivity index (χ2n) is 9.24. The average molecular weight is 643 g/mol. The minimum Gasteiger partial charge on any atom is -0.462 e. The van der Waals surface area contributed by atoms with Crippen molar-refractivity contribution in [1.82, 2.24) is 0 Å². The van der Waals surface area contributed by atoms with Crippen LogP contribution in [0.25, 0.3) is 0 Å². The van der Waals surface area contributed by atoms with E-state index in [-0.39, 0.29) is 59.8 Å². The summed E-state index contributed by atoms with van der Waals surface area (Å²) in [5.74, 6) is -2.20. The number of halogens is 2. The van der Waals surface area contributed by atoms with Gasteiger partial charge < -0.3 is 18.9 Å². The summed E-state index contributed by atoms with van der Waals surface area (Å²) in [6.07, 6.45) is 1.87. The molecule has 0 unspecified atom stereocenters. The van der Waals surface area contributed by atoms with Gasteiger partial charge in [0.2, 0.25) is 0 Å². The third kappa shape index (κ3) is 10.9. The van der Waals surface area contributed by atoms with Crippen LogP contribution in [0.2, 0.25) is 0 Å². The highest BCUT2D eigenvalue weighted by Gasteiger charge is 2.13. The highest BCUT2D eigenvalue weighted by atomic mass is 35.5. The molecule has 0 saturated carbocycles. The Labute approximate surface area is 263 Å². The van der Waals surface area contributed by atoms with Crippen molar-refractivity contribution in [2.24, 2.45) is 0 Å². The minimum absolute atomic E-state index is 0.114. The SMILES string of the molecule is O=C(Cl)c1ccc(C(=O)OCCCCOC(=O)c2ccc(C(=O)OCCCCOC(=O)c3ccc(C(=O)Cl)cc3)cc2)cc1. The number of hydrogen-bond acceptors (Lipinski definition) is 10. The topological polar surface area (TPSA) is 139 Å². The maximum atomic E-state index is 12.3. The highest BCUT2D eigenvalue weighted by Crippen LogP contribution is 2.12. The van der Waals surface area contributed by atoms with Gasteiger partial charge in [0.1, 0.15) is 0 Å². The Bertz CT molecular complexity index is 1350. The van der Waals surface area contributed by atoms with E-state index < -0.39 is 34.4 Å². The summed E-state index contributed by atoms with van der Waals surface area (Å²) in [5, 5.41) is -1.23. The quantitative estimate of drug-likeness (QED) is 0.0787. The van der Waals surface area contributed by atoms with Crippen molar-refractivity contribution >= 4 is 57.6 Å². The highest BCUT2D eigenvalue weighted by molar-refractivity contribution is 6.68. The van der Waals surface area contributed by atoms with Gasteiger partial charge in [0.05, 0.1) is 48.7 Å². The van der Waals surface area contributed by atoms with E-state index in [0.717, 1.165) is 0 Å². The van der Waals surface area contributed by atoms with E-state index in [1.165, 1.54) is 72.8 Å². The van der Waals surface area contributed by atoms with Crippen LogP contribution in [-0.4, -0.2) is 60.8 Å². The van der Waals surface area contributed by atoms with E-state index in [4.69, 9.17) is 42.1 Å². The molecule has 0 aliphatic carbocycles. The van der Waals surface area contributed by atoms with Crippen molar-refractivity contribution in [2.75, 3.05) is 26.4 Å². The zero-order valence-corrected chi connectivity index (χ0v) is 24.9. The number of benzene rings is 3. The molecule has 3 rings (SSSR count). The molecule has 0 aliphatic rings. The van der Waals surface area contributed by atoms with Crippen LogP contribution < -0.4 is 0 Å². The molecule has 0 aliphatic heterocycles. The predicted molar refractivity (Wildman–Crippen MR) is 159 cm³/mol. The lowest BCUT2D eigenvalue weighted by Gasteiger charge is -2.08. The minimum atomic E-state index is -0.617. The van der Waals surface area contributed by atoms with Crippen molar-refractivity contribution < 1.29 is 47.7 Å². The van der Waals surface area contributed by atoms with Crippen LogP contribution in [0.3, 0.4) is 0 Å². The van der Waals surface area contributed by atoms with Crippen molar-refractivity contribution in [1.29, 1.82) is 0 Å². The molecule has 0 aromatic heterocycles. The molecular weight excluding hydrogens is 615 g/mol. The Hall–Kier alpha value is -4.54. The average Bonchev–Trinajstić information content (AvgIpc) is 3.03. The van der Waals surface area contributed by atoms with Gasteiger partial charge in [-0.1, -0.05) is 0 Å². The third-order valence-corrected chi connectivity index (χ3v) is 6.50. The summed E-state index contributed by atoms with van der Waals surface area (Å²) in [5.41, 5.74) is 1.65. The molecule has 12 heteroatoms. The second-order valence-corrected chi connectivity index (χ2v) is 9.92. The number of unbranched alkanes of at least 4 members (excludes halogenated alkanes) is 2. The Morgan fingerprint density at radius 3 is 0.727 bits per heavy atom. The first-order valence-corrected chi connectivity index (χ1v) is 14.3. The van der Waals surface area contributed by atoms with Crippen LogP contribution in [0.4, 0.5) is 0 Å². The first kappa shape index (κ1) is 34.0. The summed E-state index contributed by atoms with van der Waals surface area (Å²) in [4.78, 5) is 70.8. The third-order valence-electron chi connectivity index (χ3n) is 6.06. The van der Waals surface area contributed by atoms with Crippen molar-refractivity contribution in [3.8, 4) is 0 Å². The molecule has 3 aromatic rings. The molecule has 0 bridgehead atoms. The monoisotopic (exact) mass is 642 g/mol. The van der Waals surface area contributed by atoms with Crippen molar-refractivity contribution in [2.45, 2.75) is 25.7 Å². The molecule has 0 saturated heterocycles. The summed E-state index contributed by atoms with van der Waals surface area (Å²) >= 11 is 10.8. The van der Waals surface area contributed by atoms with E-state index in [2.05, 4.69) is 0 Å². The zero-order chi connectivity index (χ0) is 31.9. The summed E-state index contributed by atoms with van der Waals surface area (Å²) in [6, 6.07) is 17.4. The Morgan fingerprint density at radius 2 is 0.545 bits per heavy atom. The van der Waals surface area contributed by atoms with Crippen molar-refractivity contribution in [3.05, 3.63) is 106 Å². The van der Waals surface area contributed by atoms with Crippen molar-refractivity contribution in [3.63, 3.8) is 0 Å². The maximum Gasteiger partial charge on any atom is 0.338 e. The molecule has 0 amide bonds. The molecule has 0 fully saturated rings. The second kappa shape index (κ2) is 17.5. The molecule has 230 valence electrons. The van der Waals surface area contributed by atoms with Gasteiger partial charge in [-0.25, -0.2) is 19.2 Å². The van der Waals surface area contributed by atoms with Gasteiger partial charge in [-0.2, -0.15) is 0 Å². The fraction of sp³-hybridized carbons (Fsp3) is 0.250. The molecule has 0 spiro atoms. The normalized spacial score (nSPS) is 10.4. The molecule has 0 atom stereocenters. The van der Waals surface area contributed by atoms with Crippen LogP contribution in [0.1, 0.15) is 87.8 Å². The lowest BCUT2D eigenvalue weighted by Crippen LogP contribution is -2.11. The lowest BCUT2D eigenvalue weighted by molar-refractivity contribution is 0.0429. The zero-order valence-electron chi connectivity index (χ0n) is 23.4. The number of ether oxygens (including phenoxy) is 4. The Kier molecular flexibility index (Phi) is 13.5. The van der Waals surface area contributed by atoms with Gasteiger partial charge in [0, 0.05) is 11.1 Å². The molecule has 0 radical (unpaired) electrons. The molecule has 3 aromatic carbocycles. The number of esters is 4. The molecule has 0 heterocycles. The van der Waals surface area contributed by atoms with Gasteiger partial charge in [0.15, 0.2) is 0 Å². The molecule has 10 nitrogen and oxygen atoms in total. The Morgan fingerprint density at radius 1 is 0.364 bits per heavy atom. The summed E-state index contributed by atoms with van der Waals surface area (Å²) in [6.45, 7) is 0.484. The van der Waals surface area contributed by atoms with Gasteiger partial charge in [0.25, 0.3) is 10.5 Å². The van der Waals surface area contributed by atoms with Crippen LogP contribution >= 0.6 is 23.2 Å². The number of carbonyl (C=O) groups is 6. The molecule has 44 heavy (non-hydrogen) atoms. The van der Waals surface area contributed by atoms with E-state index in [9.17, 15) is 28.8 Å². The van der Waals surface area contributed by atoms with E-state index in [0.29, 0.717) is 25.7 Å². The van der Waals surface area contributed by atoms with Gasteiger partial charge in [-0.05, 0) is 122 Å². The number of rotatable bonds is 16. The largest absolute Gasteiger partial charge is 0.462 e. The van der Waals surface area contributed by atoms with Crippen LogP contribution in [-0.2, 0) is 18.9 Å².